The third-order valence-electron chi connectivity index (χ3n) is 3.39. The third kappa shape index (κ3) is 2.60. The van der Waals surface area contributed by atoms with Crippen LogP contribution in [0.25, 0.3) is 0 Å². The first kappa shape index (κ1) is 14.9. The second-order valence-corrected chi connectivity index (χ2v) is 5.20. The van der Waals surface area contributed by atoms with Crippen molar-refractivity contribution < 1.29 is 14.5 Å². The number of nitrogens with zero attached hydrogens (tertiary/aromatic N) is 1. The SMILES string of the molecule is O=C1C(Cl)=C(Nc2cccc([N+](=O)[O-])c2)C(=O)c2ccccc21. The fourth-order valence-corrected chi connectivity index (χ4v) is 2.53. The minimum absolute atomic E-state index is 0.0872. The van der Waals surface area contributed by atoms with Crippen molar-refractivity contribution in [2.45, 2.75) is 0 Å². The van der Waals surface area contributed by atoms with Crippen molar-refractivity contribution in [1.82, 2.24) is 0 Å². The molecule has 0 amide bonds. The average Bonchev–Trinajstić information content (AvgIpc) is 2.57. The van der Waals surface area contributed by atoms with Gasteiger partial charge < -0.3 is 5.32 Å². The second-order valence-electron chi connectivity index (χ2n) is 4.83. The van der Waals surface area contributed by atoms with Crippen molar-refractivity contribution in [3.05, 3.63) is 80.5 Å². The molecule has 0 radical (unpaired) electrons. The summed E-state index contributed by atoms with van der Waals surface area (Å²) in [5.74, 6) is -0.897. The molecule has 0 aromatic heterocycles. The van der Waals surface area contributed by atoms with E-state index in [0.29, 0.717) is 5.69 Å². The number of halogens is 1. The minimum Gasteiger partial charge on any atom is -0.351 e. The van der Waals surface area contributed by atoms with Crippen LogP contribution >= 0.6 is 11.6 Å². The molecular formula is C16H9ClN2O4. The molecule has 0 fully saturated rings. The van der Waals surface area contributed by atoms with Crippen molar-refractivity contribution in [3.8, 4) is 0 Å². The summed E-state index contributed by atoms with van der Waals surface area (Å²) in [5.41, 5.74) is 0.562. The Bertz CT molecular complexity index is 889. The quantitative estimate of drug-likeness (QED) is 0.687. The molecule has 1 N–H and O–H groups in total. The molecular weight excluding hydrogens is 320 g/mol. The van der Waals surface area contributed by atoms with Gasteiger partial charge in [0.05, 0.1) is 4.92 Å². The molecule has 0 heterocycles. The number of ketones is 2. The number of carbonyl (C=O) groups excluding carboxylic acids is 2. The van der Waals surface area contributed by atoms with E-state index in [1.54, 1.807) is 18.2 Å². The third-order valence-corrected chi connectivity index (χ3v) is 3.75. The molecule has 0 unspecified atom stereocenters. The van der Waals surface area contributed by atoms with Gasteiger partial charge in [-0.05, 0) is 6.07 Å². The lowest BCUT2D eigenvalue weighted by molar-refractivity contribution is -0.384. The fourth-order valence-electron chi connectivity index (χ4n) is 2.30. The number of nitrogens with one attached hydrogen (secondary N) is 1. The van der Waals surface area contributed by atoms with Crippen molar-refractivity contribution >= 4 is 34.5 Å². The number of anilines is 1. The smallest absolute Gasteiger partial charge is 0.271 e. The Labute approximate surface area is 135 Å². The Hall–Kier alpha value is -2.99. The maximum absolute atomic E-state index is 12.5. The zero-order valence-electron chi connectivity index (χ0n) is 11.6. The van der Waals surface area contributed by atoms with E-state index in [-0.39, 0.29) is 27.5 Å². The zero-order chi connectivity index (χ0) is 16.6. The number of rotatable bonds is 3. The number of carbonyl (C=O) groups is 2. The van der Waals surface area contributed by atoms with E-state index in [0.717, 1.165) is 0 Å². The first-order valence-corrected chi connectivity index (χ1v) is 6.96. The zero-order valence-corrected chi connectivity index (χ0v) is 12.3. The minimum atomic E-state index is -0.551. The number of allylic oxidation sites excluding steroid dienone is 2. The van der Waals surface area contributed by atoms with Crippen molar-refractivity contribution in [1.29, 1.82) is 0 Å². The highest BCUT2D eigenvalue weighted by molar-refractivity contribution is 6.50. The van der Waals surface area contributed by atoms with Gasteiger partial charge in [0, 0.05) is 28.9 Å². The topological polar surface area (TPSA) is 89.3 Å². The van der Waals surface area contributed by atoms with Gasteiger partial charge in [-0.25, -0.2) is 0 Å². The van der Waals surface area contributed by atoms with Gasteiger partial charge in [0.2, 0.25) is 11.6 Å². The Morgan fingerprint density at radius 3 is 2.26 bits per heavy atom. The molecule has 0 aliphatic heterocycles. The highest BCUT2D eigenvalue weighted by atomic mass is 35.5. The van der Waals surface area contributed by atoms with Crippen LogP contribution in [0, 0.1) is 10.1 Å². The molecule has 2 aromatic carbocycles. The largest absolute Gasteiger partial charge is 0.351 e. The van der Waals surface area contributed by atoms with Crippen LogP contribution in [0.15, 0.2) is 59.3 Å². The number of fused-ring (bicyclic) bond motifs is 1. The molecule has 3 rings (SSSR count). The molecule has 114 valence electrons. The average molecular weight is 329 g/mol. The standard InChI is InChI=1S/C16H9ClN2O4/c17-13-14(18-9-4-3-5-10(8-9)19(22)23)16(21)12-7-2-1-6-11(12)15(13)20/h1-8,18H. The van der Waals surface area contributed by atoms with Gasteiger partial charge in [-0.2, -0.15) is 0 Å². The van der Waals surface area contributed by atoms with E-state index in [9.17, 15) is 19.7 Å². The highest BCUT2D eigenvalue weighted by Crippen LogP contribution is 2.30. The molecule has 0 bridgehead atoms. The van der Waals surface area contributed by atoms with Crippen LogP contribution in [0.5, 0.6) is 0 Å². The molecule has 7 heteroatoms. The number of hydrogen-bond donors (Lipinski definition) is 1. The Morgan fingerprint density at radius 2 is 1.61 bits per heavy atom. The van der Waals surface area contributed by atoms with Crippen molar-refractivity contribution in [2.75, 3.05) is 5.32 Å². The van der Waals surface area contributed by atoms with E-state index in [1.807, 2.05) is 0 Å². The number of nitro benzene ring substituents is 1. The second kappa shape index (κ2) is 5.66. The van der Waals surface area contributed by atoms with E-state index in [4.69, 9.17) is 11.6 Å². The van der Waals surface area contributed by atoms with Gasteiger partial charge in [0.15, 0.2) is 0 Å². The first-order chi connectivity index (χ1) is 11.0. The molecule has 0 saturated heterocycles. The first-order valence-electron chi connectivity index (χ1n) is 6.58. The summed E-state index contributed by atoms with van der Waals surface area (Å²) in [6, 6.07) is 12.0. The van der Waals surface area contributed by atoms with Gasteiger partial charge in [-0.3, -0.25) is 19.7 Å². The summed E-state index contributed by atoms with van der Waals surface area (Å²) in [5, 5.41) is 13.3. The lowest BCUT2D eigenvalue weighted by Crippen LogP contribution is -2.24. The maximum atomic E-state index is 12.5. The molecule has 1 aliphatic carbocycles. The molecule has 6 nitrogen and oxygen atoms in total. The number of Topliss-reactive ketones (excluding diaryl/α,β-unsaturated/α-hetero) is 2. The summed E-state index contributed by atoms with van der Waals surface area (Å²) in [7, 11) is 0. The lowest BCUT2D eigenvalue weighted by Gasteiger charge is -2.18. The highest BCUT2D eigenvalue weighted by Gasteiger charge is 2.31. The van der Waals surface area contributed by atoms with Crippen LogP contribution in [-0.4, -0.2) is 16.5 Å². The van der Waals surface area contributed by atoms with Gasteiger partial charge in [0.1, 0.15) is 10.7 Å². The van der Waals surface area contributed by atoms with E-state index >= 15 is 0 Å². The Balaban J connectivity index is 2.02. The van der Waals surface area contributed by atoms with Crippen LogP contribution in [0.3, 0.4) is 0 Å². The molecule has 0 atom stereocenters. The van der Waals surface area contributed by atoms with E-state index in [2.05, 4.69) is 5.32 Å². The summed E-state index contributed by atoms with van der Waals surface area (Å²) >= 11 is 6.02. The van der Waals surface area contributed by atoms with Crippen LogP contribution in [0.1, 0.15) is 20.7 Å². The predicted molar refractivity (Wildman–Crippen MR) is 84.7 cm³/mol. The number of benzene rings is 2. The fraction of sp³-hybridized carbons (Fsp3) is 0. The summed E-state index contributed by atoms with van der Waals surface area (Å²) in [6.07, 6.45) is 0. The van der Waals surface area contributed by atoms with Crippen LogP contribution < -0.4 is 5.32 Å². The van der Waals surface area contributed by atoms with Crippen LogP contribution in [0.2, 0.25) is 0 Å². The lowest BCUT2D eigenvalue weighted by atomic mass is 9.92. The molecule has 1 aliphatic rings. The Kier molecular flexibility index (Phi) is 3.67. The summed E-state index contributed by atoms with van der Waals surface area (Å²) < 4.78 is 0. The normalized spacial score (nSPS) is 13.8. The van der Waals surface area contributed by atoms with Gasteiger partial charge in [0.25, 0.3) is 5.69 Å². The number of hydrogen-bond acceptors (Lipinski definition) is 5. The maximum Gasteiger partial charge on any atom is 0.271 e. The van der Waals surface area contributed by atoms with E-state index < -0.39 is 16.5 Å². The van der Waals surface area contributed by atoms with Gasteiger partial charge in [-0.15, -0.1) is 0 Å². The molecule has 0 saturated carbocycles. The summed E-state index contributed by atoms with van der Waals surface area (Å²) in [6.45, 7) is 0. The van der Waals surface area contributed by atoms with Crippen LogP contribution in [0.4, 0.5) is 11.4 Å². The summed E-state index contributed by atoms with van der Waals surface area (Å²) in [4.78, 5) is 35.0. The molecule has 23 heavy (non-hydrogen) atoms. The van der Waals surface area contributed by atoms with Crippen molar-refractivity contribution in [2.24, 2.45) is 0 Å². The van der Waals surface area contributed by atoms with Gasteiger partial charge >= 0.3 is 0 Å². The van der Waals surface area contributed by atoms with Crippen molar-refractivity contribution in [3.63, 3.8) is 0 Å². The number of nitro groups is 1. The van der Waals surface area contributed by atoms with Gasteiger partial charge in [-0.1, -0.05) is 41.9 Å². The Morgan fingerprint density at radius 1 is 0.957 bits per heavy atom. The predicted octanol–water partition coefficient (Wildman–Crippen LogP) is 3.54. The monoisotopic (exact) mass is 328 g/mol. The number of non-ortho nitro benzene ring substituents is 1. The molecule has 0 spiro atoms. The van der Waals surface area contributed by atoms with E-state index in [1.165, 1.54) is 30.3 Å². The molecule has 2 aromatic rings. The van der Waals surface area contributed by atoms with Crippen LogP contribution in [-0.2, 0) is 0 Å².